The van der Waals surface area contributed by atoms with Crippen LogP contribution in [0.4, 0.5) is 13.2 Å². The third kappa shape index (κ3) is 8.27. The average Bonchev–Trinajstić information content (AvgIpc) is 3.93. The Morgan fingerprint density at radius 2 is 0.684 bits per heavy atom. The van der Waals surface area contributed by atoms with Gasteiger partial charge in [0, 0.05) is 54.9 Å². The van der Waals surface area contributed by atoms with E-state index in [1.807, 2.05) is 111 Å². The van der Waals surface area contributed by atoms with E-state index in [4.69, 9.17) is 0 Å². The molecule has 15 nitrogen and oxygen atoms in total. The summed E-state index contributed by atoms with van der Waals surface area (Å²) in [7, 11) is 0. The van der Waals surface area contributed by atoms with E-state index in [0.29, 0.717) is 125 Å². The second kappa shape index (κ2) is 17.7. The van der Waals surface area contributed by atoms with E-state index in [2.05, 4.69) is 70.4 Å². The normalized spacial score (nSPS) is 11.9. The summed E-state index contributed by atoms with van der Waals surface area (Å²) in [5, 5.41) is 13.6. The van der Waals surface area contributed by atoms with Gasteiger partial charge in [0.05, 0.1) is 50.6 Å². The van der Waals surface area contributed by atoms with E-state index in [0.717, 1.165) is 39.0 Å². The molecule has 0 fully saturated rings. The number of hydrogen-bond acceptors (Lipinski definition) is 13. The van der Waals surface area contributed by atoms with Crippen LogP contribution in [0.2, 0.25) is 0 Å². The van der Waals surface area contributed by atoms with Gasteiger partial charge in [-0.05, 0) is 159 Å². The first kappa shape index (κ1) is 47.3. The Hall–Kier alpha value is -9.76. The van der Waals surface area contributed by atoms with E-state index in [-0.39, 0.29) is 5.69 Å². The summed E-state index contributed by atoms with van der Waals surface area (Å²) in [5.41, 5.74) is 6.81. The largest absolute Gasteiger partial charge is 0.416 e. The Morgan fingerprint density at radius 3 is 1.00 bits per heavy atom. The van der Waals surface area contributed by atoms with Crippen molar-refractivity contribution in [1.29, 1.82) is 5.26 Å². The Kier molecular flexibility index (Phi) is 11.0. The average molecular weight is 1010 g/mol. The van der Waals surface area contributed by atoms with Crippen molar-refractivity contribution in [2.45, 2.75) is 61.6 Å². The molecule has 0 atom stereocenters. The third-order valence-electron chi connectivity index (χ3n) is 13.2. The van der Waals surface area contributed by atoms with Gasteiger partial charge in [0.15, 0.2) is 23.3 Å². The van der Waals surface area contributed by atoms with Crippen molar-refractivity contribution in [2.75, 3.05) is 0 Å². The van der Waals surface area contributed by atoms with Gasteiger partial charge in [-0.25, -0.2) is 59.8 Å². The van der Waals surface area contributed by atoms with Crippen molar-refractivity contribution in [2.24, 2.45) is 0 Å². The summed E-state index contributed by atoms with van der Waals surface area (Å²) in [6.07, 6.45) is -4.72. The van der Waals surface area contributed by atoms with Gasteiger partial charge in [0.2, 0.25) is 0 Å². The molecule has 76 heavy (non-hydrogen) atoms. The van der Waals surface area contributed by atoms with Gasteiger partial charge >= 0.3 is 6.18 Å². The standard InChI is InChI=1S/C58H42F3N15/c1-28-63-29(2)68-54(67-28)37-10-17-49-44(22-37)45-23-38(55-69-30(3)64-31(4)70-55)11-18-50(45)75(49)48-16-9-36(27-62)21-43(48)42-15-14-41(58(59,60)61)26-53(42)76-51-19-12-39(56-71-32(5)65-33(6)72-56)24-46(51)47-25-40(13-20-52(47)76)57-73-34(7)66-35(8)74-57/h9-26H,1-8H3. The van der Waals surface area contributed by atoms with Crippen LogP contribution in [0, 0.1) is 66.7 Å². The number of aromatic nitrogens is 14. The van der Waals surface area contributed by atoms with Crippen LogP contribution >= 0.6 is 0 Å². The molecule has 0 radical (unpaired) electrons. The zero-order valence-corrected chi connectivity index (χ0v) is 42.2. The van der Waals surface area contributed by atoms with E-state index in [9.17, 15) is 5.26 Å². The molecule has 0 unspecified atom stereocenters. The Bertz CT molecular complexity index is 4180. The van der Waals surface area contributed by atoms with Gasteiger partial charge in [-0.2, -0.15) is 18.4 Å². The predicted molar refractivity (Wildman–Crippen MR) is 283 cm³/mol. The second-order valence-electron chi connectivity index (χ2n) is 18.7. The van der Waals surface area contributed by atoms with Crippen molar-refractivity contribution >= 4 is 43.6 Å². The van der Waals surface area contributed by atoms with Crippen molar-refractivity contribution in [3.8, 4) is 74.1 Å². The number of alkyl halides is 3. The van der Waals surface area contributed by atoms with E-state index >= 15 is 13.2 Å². The highest BCUT2D eigenvalue weighted by molar-refractivity contribution is 6.13. The Labute approximate surface area is 432 Å². The zero-order valence-electron chi connectivity index (χ0n) is 42.2. The van der Waals surface area contributed by atoms with Gasteiger partial charge in [0.1, 0.15) is 46.6 Å². The molecule has 18 heteroatoms. The molecule has 0 bridgehead atoms. The van der Waals surface area contributed by atoms with Crippen LogP contribution < -0.4 is 0 Å². The summed E-state index contributed by atoms with van der Waals surface area (Å²) in [6, 6.07) is 34.6. The van der Waals surface area contributed by atoms with Crippen LogP contribution in [-0.4, -0.2) is 68.9 Å². The number of rotatable bonds is 7. The molecular formula is C58H42F3N15. The lowest BCUT2D eigenvalue weighted by Crippen LogP contribution is -2.08. The number of hydrogen-bond donors (Lipinski definition) is 0. The van der Waals surface area contributed by atoms with Gasteiger partial charge in [-0.1, -0.05) is 6.07 Å². The van der Waals surface area contributed by atoms with Crippen molar-refractivity contribution in [1.82, 2.24) is 68.9 Å². The Balaban J connectivity index is 1.16. The van der Waals surface area contributed by atoms with Crippen LogP contribution in [0.25, 0.3) is 112 Å². The molecule has 12 rings (SSSR count). The fourth-order valence-corrected chi connectivity index (χ4v) is 10.2. The summed E-state index contributed by atoms with van der Waals surface area (Å²) < 4.78 is 49.6. The molecule has 0 amide bonds. The lowest BCUT2D eigenvalue weighted by Gasteiger charge is -2.20. The predicted octanol–water partition coefficient (Wildman–Crippen LogP) is 12.3. The smallest absolute Gasteiger partial charge is 0.309 e. The topological polar surface area (TPSA) is 188 Å². The van der Waals surface area contributed by atoms with Gasteiger partial charge in [-0.15, -0.1) is 0 Å². The van der Waals surface area contributed by atoms with Crippen molar-refractivity contribution in [3.63, 3.8) is 0 Å². The highest BCUT2D eigenvalue weighted by Gasteiger charge is 2.33. The first-order valence-corrected chi connectivity index (χ1v) is 24.2. The molecule has 0 saturated heterocycles. The third-order valence-corrected chi connectivity index (χ3v) is 13.2. The molecule has 0 saturated carbocycles. The van der Waals surface area contributed by atoms with Gasteiger partial charge in [-0.3, -0.25) is 0 Å². The summed E-state index contributed by atoms with van der Waals surface area (Å²) in [4.78, 5) is 54.9. The maximum Gasteiger partial charge on any atom is 0.416 e. The fraction of sp³-hybridized carbons (Fsp3) is 0.155. The number of aryl methyl sites for hydroxylation is 8. The van der Waals surface area contributed by atoms with Crippen LogP contribution in [-0.2, 0) is 6.18 Å². The first-order valence-electron chi connectivity index (χ1n) is 24.2. The quantitative estimate of drug-likeness (QED) is 0.147. The summed E-state index contributed by atoms with van der Waals surface area (Å²) in [5.74, 6) is 6.39. The highest BCUT2D eigenvalue weighted by atomic mass is 19.4. The molecule has 6 aromatic heterocycles. The minimum atomic E-state index is -4.72. The van der Waals surface area contributed by atoms with Crippen LogP contribution in [0.3, 0.4) is 0 Å². The van der Waals surface area contributed by atoms with Crippen LogP contribution in [0.5, 0.6) is 0 Å². The Morgan fingerprint density at radius 1 is 0.355 bits per heavy atom. The van der Waals surface area contributed by atoms with Crippen molar-refractivity contribution < 1.29 is 13.2 Å². The zero-order chi connectivity index (χ0) is 52.9. The van der Waals surface area contributed by atoms with Gasteiger partial charge < -0.3 is 9.13 Å². The molecule has 0 spiro atoms. The second-order valence-corrected chi connectivity index (χ2v) is 18.7. The lowest BCUT2D eigenvalue weighted by molar-refractivity contribution is -0.137. The number of nitrogens with zero attached hydrogens (tertiary/aromatic N) is 15. The minimum absolute atomic E-state index is 0.219. The molecule has 0 aliphatic rings. The van der Waals surface area contributed by atoms with E-state index in [1.165, 1.54) is 12.1 Å². The minimum Gasteiger partial charge on any atom is -0.309 e. The summed E-state index contributed by atoms with van der Waals surface area (Å²) >= 11 is 0. The molecule has 370 valence electrons. The molecule has 12 aromatic rings. The maximum absolute atomic E-state index is 15.2. The first-order chi connectivity index (χ1) is 36.5. The van der Waals surface area contributed by atoms with Crippen LogP contribution in [0.15, 0.2) is 109 Å². The molecule has 0 aliphatic heterocycles. The molecule has 6 aromatic carbocycles. The monoisotopic (exact) mass is 1010 g/mol. The fourth-order valence-electron chi connectivity index (χ4n) is 10.2. The van der Waals surface area contributed by atoms with E-state index in [1.54, 1.807) is 39.8 Å². The number of fused-ring (bicyclic) bond motifs is 6. The van der Waals surface area contributed by atoms with Crippen LogP contribution in [0.1, 0.15) is 57.7 Å². The number of benzene rings is 6. The van der Waals surface area contributed by atoms with Crippen molar-refractivity contribution in [3.05, 3.63) is 167 Å². The highest BCUT2D eigenvalue weighted by Crippen LogP contribution is 2.45. The molecule has 6 heterocycles. The molecular weight excluding hydrogens is 964 g/mol. The SMILES string of the molecule is Cc1nc(C)nc(-c2ccc3c(c2)c2cc(-c4nc(C)nc(C)n4)ccc2n3-c2ccc(C#N)cc2-c2ccc(C(F)(F)F)cc2-n2c3ccc(-c4nc(C)nc(C)n4)cc3c3cc(-c4nc(C)nc(C)n4)ccc32)n1. The number of halogens is 3. The maximum atomic E-state index is 15.2. The van der Waals surface area contributed by atoms with Gasteiger partial charge in [0.25, 0.3) is 0 Å². The molecule has 0 N–H and O–H groups in total. The molecule has 0 aliphatic carbocycles. The number of nitriles is 1. The lowest BCUT2D eigenvalue weighted by atomic mass is 9.97. The van der Waals surface area contributed by atoms with E-state index < -0.39 is 11.7 Å². The summed E-state index contributed by atoms with van der Waals surface area (Å²) in [6.45, 7) is 14.5.